The summed E-state index contributed by atoms with van der Waals surface area (Å²) in [5.74, 6) is -0.335. The third-order valence-corrected chi connectivity index (χ3v) is 5.50. The largest absolute Gasteiger partial charge is 0.416 e. The maximum Gasteiger partial charge on any atom is 0.416 e. The Kier molecular flexibility index (Phi) is 5.96. The number of amides is 1. The Hall–Kier alpha value is -2.40. The fourth-order valence-corrected chi connectivity index (χ4v) is 4.07. The minimum Gasteiger partial charge on any atom is -0.293 e. The highest BCUT2D eigenvalue weighted by atomic mass is 32.2. The Morgan fingerprint density at radius 3 is 2.17 bits per heavy atom. The molecule has 0 spiro atoms. The Balaban J connectivity index is 2.05. The van der Waals surface area contributed by atoms with E-state index in [1.165, 1.54) is 29.2 Å². The van der Waals surface area contributed by atoms with Crippen LogP contribution in [0.3, 0.4) is 0 Å². The smallest absolute Gasteiger partial charge is 0.293 e. The average Bonchev–Trinajstić information content (AvgIpc) is 2.92. The zero-order valence-electron chi connectivity index (χ0n) is 15.1. The number of thiocarbonyl (C=S) groups is 1. The number of benzene rings is 1. The van der Waals surface area contributed by atoms with Crippen LogP contribution in [-0.4, -0.2) is 26.7 Å². The molecule has 0 bridgehead atoms. The van der Waals surface area contributed by atoms with Gasteiger partial charge in [-0.1, -0.05) is 30.0 Å². The molecule has 2 aromatic rings. The quantitative estimate of drug-likeness (QED) is 0.318. The van der Waals surface area contributed by atoms with Gasteiger partial charge in [-0.25, -0.2) is 4.98 Å². The van der Waals surface area contributed by atoms with Crippen LogP contribution in [0.5, 0.6) is 0 Å². The van der Waals surface area contributed by atoms with Gasteiger partial charge < -0.3 is 0 Å². The van der Waals surface area contributed by atoms with Crippen molar-refractivity contribution in [3.8, 4) is 11.3 Å². The van der Waals surface area contributed by atoms with Crippen LogP contribution in [0.25, 0.3) is 17.3 Å². The first-order chi connectivity index (χ1) is 13.9. The van der Waals surface area contributed by atoms with Gasteiger partial charge in [0.15, 0.2) is 0 Å². The van der Waals surface area contributed by atoms with Gasteiger partial charge in [-0.15, -0.1) is 0 Å². The van der Waals surface area contributed by atoms with Crippen molar-refractivity contribution in [2.24, 2.45) is 0 Å². The van der Waals surface area contributed by atoms with Gasteiger partial charge >= 0.3 is 12.4 Å². The van der Waals surface area contributed by atoms with Crippen LogP contribution >= 0.6 is 24.0 Å². The number of thioether (sulfide) groups is 1. The molecule has 0 radical (unpaired) electrons. The second kappa shape index (κ2) is 8.03. The van der Waals surface area contributed by atoms with Gasteiger partial charge in [0.25, 0.3) is 5.91 Å². The Morgan fingerprint density at radius 2 is 1.67 bits per heavy atom. The van der Waals surface area contributed by atoms with Gasteiger partial charge in [0.1, 0.15) is 4.32 Å². The number of hydrogen-bond acceptors (Lipinski definition) is 4. The summed E-state index contributed by atoms with van der Waals surface area (Å²) in [6.07, 6.45) is -8.51. The first kappa shape index (κ1) is 22.3. The van der Waals surface area contributed by atoms with E-state index in [-0.39, 0.29) is 33.8 Å². The monoisotopic (exact) mass is 462 g/mol. The lowest BCUT2D eigenvalue weighted by Crippen LogP contribution is -2.27. The van der Waals surface area contributed by atoms with Crippen molar-refractivity contribution in [1.82, 2.24) is 9.88 Å². The van der Waals surface area contributed by atoms with Gasteiger partial charge in [0.2, 0.25) is 0 Å². The van der Waals surface area contributed by atoms with Crippen molar-refractivity contribution in [3.63, 3.8) is 0 Å². The zero-order chi connectivity index (χ0) is 22.3. The van der Waals surface area contributed by atoms with Gasteiger partial charge in [0, 0.05) is 12.1 Å². The molecule has 0 aliphatic carbocycles. The summed E-state index contributed by atoms with van der Waals surface area (Å²) >= 11 is 6.15. The molecular weight excluding hydrogens is 450 g/mol. The molecule has 1 aromatic carbocycles. The fourth-order valence-electron chi connectivity index (χ4n) is 2.70. The molecule has 0 atom stereocenters. The maximum atomic E-state index is 13.1. The molecule has 1 amide bonds. The molecule has 1 fully saturated rings. The first-order valence-corrected chi connectivity index (χ1v) is 9.65. The number of hydrogen-bond donors (Lipinski definition) is 0. The molecule has 1 aliphatic heterocycles. The van der Waals surface area contributed by atoms with Crippen LogP contribution in [0.4, 0.5) is 26.3 Å². The van der Waals surface area contributed by atoms with Crippen LogP contribution < -0.4 is 0 Å². The van der Waals surface area contributed by atoms with Crippen molar-refractivity contribution < 1.29 is 31.1 Å². The van der Waals surface area contributed by atoms with Crippen LogP contribution in [0, 0.1) is 0 Å². The predicted molar refractivity (Wildman–Crippen MR) is 105 cm³/mol. The van der Waals surface area contributed by atoms with E-state index in [1.54, 1.807) is 6.92 Å². The van der Waals surface area contributed by atoms with Gasteiger partial charge in [-0.05, 0) is 43.3 Å². The molecule has 1 saturated heterocycles. The standard InChI is InChI=1S/C19H12F6N2OS2/c1-2-27-16(28)15(30-17(27)29)9-13-4-3-5-14(26-13)10-6-11(18(20,21)22)8-12(7-10)19(23,24)25/h3-9H,2H2,1H3/b15-9-. The number of alkyl halides is 6. The zero-order valence-corrected chi connectivity index (χ0v) is 16.8. The summed E-state index contributed by atoms with van der Waals surface area (Å²) < 4.78 is 78.9. The number of aromatic nitrogens is 1. The minimum atomic E-state index is -4.96. The molecule has 3 rings (SSSR count). The Labute approximate surface area is 176 Å². The van der Waals surface area contributed by atoms with Crippen LogP contribution in [0.1, 0.15) is 23.7 Å². The molecule has 1 aliphatic rings. The van der Waals surface area contributed by atoms with E-state index in [4.69, 9.17) is 12.2 Å². The third-order valence-electron chi connectivity index (χ3n) is 4.12. The van der Waals surface area contributed by atoms with Gasteiger partial charge in [0.05, 0.1) is 27.4 Å². The number of rotatable bonds is 3. The van der Waals surface area contributed by atoms with Crippen molar-refractivity contribution >= 4 is 40.3 Å². The Morgan fingerprint density at radius 1 is 1.07 bits per heavy atom. The molecule has 3 nitrogen and oxygen atoms in total. The second-order valence-corrected chi connectivity index (χ2v) is 7.84. The number of carbonyl (C=O) groups is 1. The molecule has 30 heavy (non-hydrogen) atoms. The highest BCUT2D eigenvalue weighted by Gasteiger charge is 2.37. The SMILES string of the molecule is CCN1C(=O)/C(=C/c2cccc(-c3cc(C(F)(F)F)cc(C(F)(F)F)c3)n2)SC1=S. The number of halogens is 6. The average molecular weight is 462 g/mol. The van der Waals surface area contributed by atoms with E-state index in [0.29, 0.717) is 23.0 Å². The fraction of sp³-hybridized carbons (Fsp3) is 0.211. The Bertz CT molecular complexity index is 1010. The van der Waals surface area contributed by atoms with Crippen LogP contribution in [0.15, 0.2) is 41.3 Å². The molecule has 11 heteroatoms. The number of nitrogens with zero attached hydrogens (tertiary/aromatic N) is 2. The lowest BCUT2D eigenvalue weighted by molar-refractivity contribution is -0.143. The first-order valence-electron chi connectivity index (χ1n) is 8.42. The molecule has 0 N–H and O–H groups in total. The highest BCUT2D eigenvalue weighted by Crippen LogP contribution is 2.38. The lowest BCUT2D eigenvalue weighted by Gasteiger charge is -2.14. The molecule has 2 heterocycles. The van der Waals surface area contributed by atoms with E-state index in [9.17, 15) is 31.1 Å². The van der Waals surface area contributed by atoms with E-state index in [2.05, 4.69) is 4.98 Å². The third kappa shape index (κ3) is 4.67. The van der Waals surface area contributed by atoms with E-state index >= 15 is 0 Å². The summed E-state index contributed by atoms with van der Waals surface area (Å²) in [4.78, 5) is 18.1. The lowest BCUT2D eigenvalue weighted by atomic mass is 10.0. The topological polar surface area (TPSA) is 33.2 Å². The van der Waals surface area contributed by atoms with Crippen molar-refractivity contribution in [2.45, 2.75) is 19.3 Å². The summed E-state index contributed by atoms with van der Waals surface area (Å²) in [6.45, 7) is 2.12. The van der Waals surface area contributed by atoms with Crippen molar-refractivity contribution in [1.29, 1.82) is 0 Å². The highest BCUT2D eigenvalue weighted by molar-refractivity contribution is 8.26. The molecular formula is C19H12F6N2OS2. The number of pyridine rings is 1. The minimum absolute atomic E-state index is 0.0590. The number of carbonyl (C=O) groups excluding carboxylic acids is 1. The van der Waals surface area contributed by atoms with Crippen molar-refractivity contribution in [2.75, 3.05) is 6.54 Å². The van der Waals surface area contributed by atoms with E-state index < -0.39 is 23.5 Å². The summed E-state index contributed by atoms with van der Waals surface area (Å²) in [5.41, 5.74) is -3.08. The normalized spacial score (nSPS) is 16.6. The molecule has 0 saturated carbocycles. The second-order valence-electron chi connectivity index (χ2n) is 6.17. The van der Waals surface area contributed by atoms with Crippen molar-refractivity contribution in [3.05, 3.63) is 58.1 Å². The van der Waals surface area contributed by atoms with Gasteiger partial charge in [-0.3, -0.25) is 9.69 Å². The predicted octanol–water partition coefficient (Wildman–Crippen LogP) is 6.01. The maximum absolute atomic E-state index is 13.1. The summed E-state index contributed by atoms with van der Waals surface area (Å²) in [7, 11) is 0. The van der Waals surface area contributed by atoms with Crippen LogP contribution in [-0.2, 0) is 17.1 Å². The van der Waals surface area contributed by atoms with E-state index in [1.807, 2.05) is 0 Å². The van der Waals surface area contributed by atoms with Crippen LogP contribution in [0.2, 0.25) is 0 Å². The molecule has 158 valence electrons. The summed E-state index contributed by atoms with van der Waals surface area (Å²) in [5, 5.41) is 0. The van der Waals surface area contributed by atoms with Gasteiger partial charge in [-0.2, -0.15) is 26.3 Å². The molecule has 1 aromatic heterocycles. The van der Waals surface area contributed by atoms with E-state index in [0.717, 1.165) is 11.8 Å². The molecule has 0 unspecified atom stereocenters. The number of likely N-dealkylation sites (N-methyl/N-ethyl adjacent to an activating group) is 1. The summed E-state index contributed by atoms with van der Waals surface area (Å²) in [6, 6.07) is 5.49.